The van der Waals surface area contributed by atoms with Crippen LogP contribution in [0.4, 0.5) is 0 Å². The Kier molecular flexibility index (Phi) is 8.38. The van der Waals surface area contributed by atoms with Crippen LogP contribution >= 0.6 is 0 Å². The highest BCUT2D eigenvalue weighted by Gasteiger charge is 2.12. The van der Waals surface area contributed by atoms with Crippen molar-refractivity contribution in [2.75, 3.05) is 13.6 Å². The lowest BCUT2D eigenvalue weighted by molar-refractivity contribution is -0.131. The lowest BCUT2D eigenvalue weighted by Gasteiger charge is -2.17. The maximum atomic E-state index is 12.6. The van der Waals surface area contributed by atoms with Gasteiger partial charge in [-0.05, 0) is 35.1 Å². The number of nitrogens with zero attached hydrogens (tertiary/aromatic N) is 1. The van der Waals surface area contributed by atoms with Gasteiger partial charge in [0.25, 0.3) is 0 Å². The summed E-state index contributed by atoms with van der Waals surface area (Å²) in [6.07, 6.45) is 4.84. The SMILES string of the molecule is CN(CCc1ccccc1)C(=O)Cc1ccc(CC(C=CC(=O)O)c2ccccc2)cc1. The van der Waals surface area contributed by atoms with Gasteiger partial charge in [-0.3, -0.25) is 4.79 Å². The standard InChI is InChI=1S/C28H29NO3/c1-29(19-18-22-8-4-2-5-9-22)27(30)21-24-14-12-23(13-15-24)20-26(16-17-28(31)32)25-10-6-3-7-11-25/h2-17,26H,18-21H2,1H3,(H,31,32). The topological polar surface area (TPSA) is 57.6 Å². The normalized spacial score (nSPS) is 11.9. The van der Waals surface area contributed by atoms with E-state index < -0.39 is 5.97 Å². The Hall–Kier alpha value is -3.66. The first-order valence-corrected chi connectivity index (χ1v) is 10.8. The molecule has 0 bridgehead atoms. The quantitative estimate of drug-likeness (QED) is 0.468. The molecule has 1 atom stereocenters. The van der Waals surface area contributed by atoms with Crippen molar-refractivity contribution in [1.82, 2.24) is 4.90 Å². The fraction of sp³-hybridized carbons (Fsp3) is 0.214. The third-order valence-corrected chi connectivity index (χ3v) is 5.54. The van der Waals surface area contributed by atoms with Crippen LogP contribution in [0.3, 0.4) is 0 Å². The van der Waals surface area contributed by atoms with E-state index in [1.165, 1.54) is 11.6 Å². The maximum Gasteiger partial charge on any atom is 0.327 e. The summed E-state index contributed by atoms with van der Waals surface area (Å²) in [5, 5.41) is 9.02. The first kappa shape index (κ1) is 23.0. The number of hydrogen-bond donors (Lipinski definition) is 1. The van der Waals surface area contributed by atoms with Crippen molar-refractivity contribution in [2.24, 2.45) is 0 Å². The molecule has 0 spiro atoms. The number of benzene rings is 3. The molecule has 0 radical (unpaired) electrons. The summed E-state index contributed by atoms with van der Waals surface area (Å²) in [6, 6.07) is 28.1. The molecule has 164 valence electrons. The number of likely N-dealkylation sites (N-methyl/N-ethyl adjacent to an activating group) is 1. The number of carbonyl (C=O) groups excluding carboxylic acids is 1. The molecule has 0 aliphatic rings. The van der Waals surface area contributed by atoms with Crippen molar-refractivity contribution in [3.8, 4) is 0 Å². The van der Waals surface area contributed by atoms with Gasteiger partial charge in [-0.2, -0.15) is 0 Å². The lowest BCUT2D eigenvalue weighted by Crippen LogP contribution is -2.30. The summed E-state index contributed by atoms with van der Waals surface area (Å²) >= 11 is 0. The van der Waals surface area contributed by atoms with Gasteiger partial charge in [-0.1, -0.05) is 91.0 Å². The summed E-state index contributed by atoms with van der Waals surface area (Å²) in [5.74, 6) is -0.875. The first-order valence-electron chi connectivity index (χ1n) is 10.8. The second kappa shape index (κ2) is 11.7. The van der Waals surface area contributed by atoms with E-state index in [0.717, 1.165) is 23.1 Å². The molecule has 0 saturated carbocycles. The van der Waals surface area contributed by atoms with Gasteiger partial charge < -0.3 is 10.0 Å². The van der Waals surface area contributed by atoms with Crippen LogP contribution in [0.1, 0.15) is 28.2 Å². The van der Waals surface area contributed by atoms with Gasteiger partial charge in [0.2, 0.25) is 5.91 Å². The zero-order valence-corrected chi connectivity index (χ0v) is 18.4. The monoisotopic (exact) mass is 427 g/mol. The van der Waals surface area contributed by atoms with Gasteiger partial charge in [0.15, 0.2) is 0 Å². The molecule has 4 nitrogen and oxygen atoms in total. The molecule has 1 N–H and O–H groups in total. The van der Waals surface area contributed by atoms with Crippen molar-refractivity contribution in [1.29, 1.82) is 0 Å². The first-order chi connectivity index (χ1) is 15.5. The van der Waals surface area contributed by atoms with Crippen LogP contribution in [0.15, 0.2) is 97.1 Å². The van der Waals surface area contributed by atoms with Crippen LogP contribution in [-0.4, -0.2) is 35.5 Å². The molecule has 1 amide bonds. The van der Waals surface area contributed by atoms with E-state index in [2.05, 4.69) is 12.1 Å². The van der Waals surface area contributed by atoms with Crippen LogP contribution in [0.25, 0.3) is 0 Å². The van der Waals surface area contributed by atoms with Crippen LogP contribution in [0, 0.1) is 0 Å². The number of hydrogen-bond acceptors (Lipinski definition) is 2. The zero-order valence-electron chi connectivity index (χ0n) is 18.4. The Morgan fingerprint density at radius 3 is 2.06 bits per heavy atom. The third kappa shape index (κ3) is 7.24. The summed E-state index contributed by atoms with van der Waals surface area (Å²) in [7, 11) is 1.85. The number of carboxylic acid groups (broad SMARTS) is 1. The van der Waals surface area contributed by atoms with Gasteiger partial charge >= 0.3 is 5.97 Å². The zero-order chi connectivity index (χ0) is 22.8. The number of amides is 1. The fourth-order valence-electron chi connectivity index (χ4n) is 3.62. The Morgan fingerprint density at radius 1 is 0.844 bits per heavy atom. The number of carbonyl (C=O) groups is 2. The van der Waals surface area contributed by atoms with E-state index in [1.807, 2.05) is 79.8 Å². The van der Waals surface area contributed by atoms with Crippen LogP contribution in [-0.2, 0) is 28.9 Å². The predicted octanol–water partition coefficient (Wildman–Crippen LogP) is 4.90. The van der Waals surface area contributed by atoms with E-state index >= 15 is 0 Å². The highest BCUT2D eigenvalue weighted by Crippen LogP contribution is 2.23. The van der Waals surface area contributed by atoms with Crippen LogP contribution in [0.2, 0.25) is 0 Å². The highest BCUT2D eigenvalue weighted by molar-refractivity contribution is 5.80. The molecule has 0 aliphatic heterocycles. The molecule has 3 aromatic rings. The minimum absolute atomic E-state index is 0.0242. The second-order valence-electron chi connectivity index (χ2n) is 7.96. The third-order valence-electron chi connectivity index (χ3n) is 5.54. The van der Waals surface area contributed by atoms with Crippen molar-refractivity contribution in [2.45, 2.75) is 25.2 Å². The molecule has 0 aliphatic carbocycles. The van der Waals surface area contributed by atoms with E-state index in [-0.39, 0.29) is 11.8 Å². The van der Waals surface area contributed by atoms with Gasteiger partial charge in [0, 0.05) is 25.6 Å². The van der Waals surface area contributed by atoms with Gasteiger partial charge in [0.05, 0.1) is 6.42 Å². The summed E-state index contributed by atoms with van der Waals surface area (Å²) < 4.78 is 0. The maximum absolute atomic E-state index is 12.6. The average molecular weight is 428 g/mol. The number of aliphatic carboxylic acids is 1. The Morgan fingerprint density at radius 2 is 1.44 bits per heavy atom. The smallest absolute Gasteiger partial charge is 0.327 e. The van der Waals surface area contributed by atoms with Crippen LogP contribution < -0.4 is 0 Å². The van der Waals surface area contributed by atoms with E-state index in [1.54, 1.807) is 11.0 Å². The largest absolute Gasteiger partial charge is 0.478 e. The predicted molar refractivity (Wildman–Crippen MR) is 128 cm³/mol. The van der Waals surface area contributed by atoms with Crippen molar-refractivity contribution in [3.63, 3.8) is 0 Å². The summed E-state index contributed by atoms with van der Waals surface area (Å²) in [4.78, 5) is 25.4. The molecule has 1 unspecified atom stereocenters. The molecule has 0 aromatic heterocycles. The highest BCUT2D eigenvalue weighted by atomic mass is 16.4. The van der Waals surface area contributed by atoms with E-state index in [9.17, 15) is 9.59 Å². The lowest BCUT2D eigenvalue weighted by atomic mass is 9.91. The Balaban J connectivity index is 1.58. The molecule has 32 heavy (non-hydrogen) atoms. The summed E-state index contributed by atoms with van der Waals surface area (Å²) in [5.41, 5.74) is 4.37. The Labute approximate surface area is 189 Å². The molecule has 0 saturated heterocycles. The molecule has 3 aromatic carbocycles. The Bertz CT molecular complexity index is 1030. The van der Waals surface area contributed by atoms with E-state index in [0.29, 0.717) is 19.4 Å². The molecule has 0 heterocycles. The van der Waals surface area contributed by atoms with Crippen molar-refractivity contribution in [3.05, 3.63) is 119 Å². The second-order valence-corrected chi connectivity index (χ2v) is 7.96. The minimum Gasteiger partial charge on any atom is -0.478 e. The molecule has 4 heteroatoms. The summed E-state index contributed by atoms with van der Waals surface area (Å²) in [6.45, 7) is 0.690. The van der Waals surface area contributed by atoms with Crippen molar-refractivity contribution < 1.29 is 14.7 Å². The fourth-order valence-corrected chi connectivity index (χ4v) is 3.62. The molecule has 0 fully saturated rings. The van der Waals surface area contributed by atoms with Gasteiger partial charge in [-0.15, -0.1) is 0 Å². The minimum atomic E-state index is -0.948. The number of rotatable bonds is 10. The van der Waals surface area contributed by atoms with E-state index in [4.69, 9.17) is 5.11 Å². The van der Waals surface area contributed by atoms with Gasteiger partial charge in [0.1, 0.15) is 0 Å². The average Bonchev–Trinajstić information content (AvgIpc) is 2.82. The molecular weight excluding hydrogens is 398 g/mol. The van der Waals surface area contributed by atoms with Crippen molar-refractivity contribution >= 4 is 11.9 Å². The molecular formula is C28H29NO3. The number of carboxylic acids is 1. The molecule has 3 rings (SSSR count). The van der Waals surface area contributed by atoms with Gasteiger partial charge in [-0.25, -0.2) is 4.79 Å². The van der Waals surface area contributed by atoms with Crippen LogP contribution in [0.5, 0.6) is 0 Å². The number of allylic oxidation sites excluding steroid dienone is 1.